The molecular formula is C19H24N6O. The van der Waals surface area contributed by atoms with Gasteiger partial charge in [0, 0.05) is 32.7 Å². The lowest BCUT2D eigenvalue weighted by Gasteiger charge is -2.35. The van der Waals surface area contributed by atoms with Gasteiger partial charge in [-0.1, -0.05) is 6.07 Å². The highest BCUT2D eigenvalue weighted by atomic mass is 16.3. The molecule has 0 saturated carbocycles. The van der Waals surface area contributed by atoms with Crippen molar-refractivity contribution in [1.82, 2.24) is 24.6 Å². The normalized spacial score (nSPS) is 15.7. The van der Waals surface area contributed by atoms with E-state index in [4.69, 9.17) is 5.11 Å². The van der Waals surface area contributed by atoms with Crippen LogP contribution in [0.5, 0.6) is 0 Å². The van der Waals surface area contributed by atoms with Crippen molar-refractivity contribution in [3.63, 3.8) is 0 Å². The van der Waals surface area contributed by atoms with Crippen molar-refractivity contribution in [3.05, 3.63) is 41.9 Å². The molecule has 1 aromatic carbocycles. The third-order valence-corrected chi connectivity index (χ3v) is 4.88. The maximum absolute atomic E-state index is 9.11. The molecule has 1 N–H and O–H groups in total. The zero-order valence-corrected chi connectivity index (χ0v) is 15.3. The van der Waals surface area contributed by atoms with E-state index in [0.29, 0.717) is 0 Å². The smallest absolute Gasteiger partial charge is 0.168 e. The number of hydrogen-bond donors (Lipinski definition) is 1. The van der Waals surface area contributed by atoms with E-state index in [-0.39, 0.29) is 6.61 Å². The number of fused-ring (bicyclic) bond motifs is 1. The number of nitrogens with zero attached hydrogens (tertiary/aromatic N) is 6. The summed E-state index contributed by atoms with van der Waals surface area (Å²) >= 11 is 0. The molecule has 0 amide bonds. The fourth-order valence-corrected chi connectivity index (χ4v) is 3.67. The van der Waals surface area contributed by atoms with E-state index in [9.17, 15) is 0 Å². The molecule has 2 aromatic heterocycles. The minimum atomic E-state index is 0.209. The predicted molar refractivity (Wildman–Crippen MR) is 102 cm³/mol. The lowest BCUT2D eigenvalue weighted by Crippen LogP contribution is -2.47. The molecule has 1 saturated heterocycles. The molecule has 1 aliphatic heterocycles. The second kappa shape index (κ2) is 7.01. The molecule has 0 atom stereocenters. The number of piperazine rings is 1. The minimum Gasteiger partial charge on any atom is -0.395 e. The number of β-amino-alcohol motifs (C(OH)–C–C–N with tert-alkyl or cyclic N) is 1. The maximum atomic E-state index is 9.11. The van der Waals surface area contributed by atoms with Gasteiger partial charge in [0.25, 0.3) is 0 Å². The van der Waals surface area contributed by atoms with Crippen LogP contribution < -0.4 is 4.90 Å². The van der Waals surface area contributed by atoms with Crippen molar-refractivity contribution in [2.45, 2.75) is 13.8 Å². The Morgan fingerprint density at radius 1 is 1.00 bits per heavy atom. The van der Waals surface area contributed by atoms with E-state index in [1.807, 2.05) is 10.9 Å². The molecule has 0 aliphatic carbocycles. The zero-order valence-electron chi connectivity index (χ0n) is 15.3. The standard InChI is InChI=1S/C19H24N6O/c1-14-9-15(2)11-16(10-14)25-19-17(12-22-25)18(20-13-21-19)24-5-3-23(4-6-24)7-8-26/h9-13,26H,3-8H2,1-2H3. The molecule has 26 heavy (non-hydrogen) atoms. The molecule has 1 fully saturated rings. The van der Waals surface area contributed by atoms with Gasteiger partial charge < -0.3 is 10.0 Å². The van der Waals surface area contributed by atoms with E-state index in [1.54, 1.807) is 6.33 Å². The molecule has 0 unspecified atom stereocenters. The second-order valence-electron chi connectivity index (χ2n) is 6.89. The Kier molecular flexibility index (Phi) is 4.57. The van der Waals surface area contributed by atoms with Crippen molar-refractivity contribution in [2.24, 2.45) is 0 Å². The molecule has 7 heteroatoms. The van der Waals surface area contributed by atoms with E-state index in [2.05, 4.69) is 56.9 Å². The van der Waals surface area contributed by atoms with E-state index in [1.165, 1.54) is 11.1 Å². The van der Waals surface area contributed by atoms with Crippen LogP contribution in [0, 0.1) is 13.8 Å². The largest absolute Gasteiger partial charge is 0.395 e. The third kappa shape index (κ3) is 3.15. The summed E-state index contributed by atoms with van der Waals surface area (Å²) in [6, 6.07) is 6.39. The molecule has 0 bridgehead atoms. The van der Waals surface area contributed by atoms with Crippen molar-refractivity contribution in [2.75, 3.05) is 44.2 Å². The molecule has 0 radical (unpaired) electrons. The van der Waals surface area contributed by atoms with Crippen molar-refractivity contribution in [3.8, 4) is 5.69 Å². The summed E-state index contributed by atoms with van der Waals surface area (Å²) in [7, 11) is 0. The number of aromatic nitrogens is 4. The summed E-state index contributed by atoms with van der Waals surface area (Å²) in [5.41, 5.74) is 4.27. The molecule has 0 spiro atoms. The average Bonchev–Trinajstić information content (AvgIpc) is 3.06. The van der Waals surface area contributed by atoms with Crippen molar-refractivity contribution >= 4 is 16.9 Å². The zero-order chi connectivity index (χ0) is 18.1. The number of aryl methyl sites for hydroxylation is 2. The Hall–Kier alpha value is -2.51. The fourth-order valence-electron chi connectivity index (χ4n) is 3.67. The first-order valence-electron chi connectivity index (χ1n) is 9.01. The van der Waals surface area contributed by atoms with Gasteiger partial charge in [-0.05, 0) is 37.1 Å². The van der Waals surface area contributed by atoms with Crippen molar-refractivity contribution < 1.29 is 5.11 Å². The van der Waals surface area contributed by atoms with Crippen LogP contribution in [0.2, 0.25) is 0 Å². The monoisotopic (exact) mass is 352 g/mol. The third-order valence-electron chi connectivity index (χ3n) is 4.88. The van der Waals surface area contributed by atoms with Gasteiger partial charge in [-0.15, -0.1) is 0 Å². The summed E-state index contributed by atoms with van der Waals surface area (Å²) in [5, 5.41) is 14.7. The lowest BCUT2D eigenvalue weighted by atomic mass is 10.1. The molecule has 136 valence electrons. The highest BCUT2D eigenvalue weighted by Gasteiger charge is 2.21. The van der Waals surface area contributed by atoms with Gasteiger partial charge in [-0.25, -0.2) is 14.6 Å². The molecular weight excluding hydrogens is 328 g/mol. The number of benzene rings is 1. The van der Waals surface area contributed by atoms with Crippen LogP contribution in [0.15, 0.2) is 30.7 Å². The van der Waals surface area contributed by atoms with Crippen LogP contribution in [0.1, 0.15) is 11.1 Å². The van der Waals surface area contributed by atoms with Gasteiger partial charge in [0.05, 0.1) is 23.9 Å². The number of aliphatic hydroxyl groups excluding tert-OH is 1. The summed E-state index contributed by atoms with van der Waals surface area (Å²) in [4.78, 5) is 13.6. The number of aliphatic hydroxyl groups is 1. The maximum Gasteiger partial charge on any atom is 0.168 e. The van der Waals surface area contributed by atoms with Crippen molar-refractivity contribution in [1.29, 1.82) is 0 Å². The molecule has 3 heterocycles. The number of anilines is 1. The molecule has 3 aromatic rings. The second-order valence-corrected chi connectivity index (χ2v) is 6.89. The summed E-state index contributed by atoms with van der Waals surface area (Å²) in [6.07, 6.45) is 3.49. The molecule has 4 rings (SSSR count). The Bertz CT molecular complexity index is 893. The van der Waals surface area contributed by atoms with Gasteiger partial charge in [0.2, 0.25) is 0 Å². The van der Waals surface area contributed by atoms with Crippen LogP contribution in [0.3, 0.4) is 0 Å². The first-order chi connectivity index (χ1) is 12.7. The SMILES string of the molecule is Cc1cc(C)cc(-n2ncc3c(N4CCN(CCO)CC4)ncnc32)c1. The van der Waals surface area contributed by atoms with Gasteiger partial charge in [0.15, 0.2) is 5.65 Å². The number of hydrogen-bond acceptors (Lipinski definition) is 6. The fraction of sp³-hybridized carbons (Fsp3) is 0.421. The van der Waals surface area contributed by atoms with E-state index in [0.717, 1.165) is 55.3 Å². The highest BCUT2D eigenvalue weighted by molar-refractivity contribution is 5.87. The van der Waals surface area contributed by atoms with Gasteiger partial charge in [-0.2, -0.15) is 5.10 Å². The number of rotatable bonds is 4. The minimum absolute atomic E-state index is 0.209. The summed E-state index contributed by atoms with van der Waals surface area (Å²) < 4.78 is 1.89. The predicted octanol–water partition coefficient (Wildman–Crippen LogP) is 1.55. The van der Waals surface area contributed by atoms with E-state index >= 15 is 0 Å². The topological polar surface area (TPSA) is 70.3 Å². The van der Waals surface area contributed by atoms with Crippen LogP contribution in [0.4, 0.5) is 5.82 Å². The Morgan fingerprint density at radius 3 is 2.42 bits per heavy atom. The van der Waals surface area contributed by atoms with Gasteiger partial charge in [-0.3, -0.25) is 4.90 Å². The summed E-state index contributed by atoms with van der Waals surface area (Å²) in [5.74, 6) is 0.939. The quantitative estimate of drug-likeness (QED) is 0.768. The highest BCUT2D eigenvalue weighted by Crippen LogP contribution is 2.26. The van der Waals surface area contributed by atoms with E-state index < -0.39 is 0 Å². The van der Waals surface area contributed by atoms with Crippen LogP contribution >= 0.6 is 0 Å². The van der Waals surface area contributed by atoms with Crippen LogP contribution in [-0.4, -0.2) is 69.1 Å². The van der Waals surface area contributed by atoms with Crippen LogP contribution in [-0.2, 0) is 0 Å². The Morgan fingerprint density at radius 2 is 1.73 bits per heavy atom. The van der Waals surface area contributed by atoms with Gasteiger partial charge in [0.1, 0.15) is 12.1 Å². The lowest BCUT2D eigenvalue weighted by molar-refractivity contribution is 0.188. The molecule has 7 nitrogen and oxygen atoms in total. The first kappa shape index (κ1) is 16.9. The summed E-state index contributed by atoms with van der Waals surface area (Å²) in [6.45, 7) is 8.76. The van der Waals surface area contributed by atoms with Gasteiger partial charge >= 0.3 is 0 Å². The first-order valence-corrected chi connectivity index (χ1v) is 9.01. The average molecular weight is 352 g/mol. The molecule has 1 aliphatic rings. The Labute approximate surface area is 152 Å². The van der Waals surface area contributed by atoms with Crippen LogP contribution in [0.25, 0.3) is 16.7 Å². The Balaban J connectivity index is 1.68.